The molecule has 1 aromatic carbocycles. The highest BCUT2D eigenvalue weighted by atomic mass is 16.5. The molecule has 31 heavy (non-hydrogen) atoms. The molecule has 1 aliphatic carbocycles. The van der Waals surface area contributed by atoms with Gasteiger partial charge in [0.2, 0.25) is 0 Å². The number of allylic oxidation sites excluding steroid dienone is 3. The molecule has 0 fully saturated rings. The van der Waals surface area contributed by atoms with Crippen molar-refractivity contribution in [1.29, 1.82) is 0 Å². The normalized spacial score (nSPS) is 22.0. The molecule has 5 nitrogen and oxygen atoms in total. The number of ketones is 1. The third kappa shape index (κ3) is 4.18. The molecule has 0 saturated heterocycles. The molecule has 4 rings (SSSR count). The molecule has 0 spiro atoms. The van der Waals surface area contributed by atoms with E-state index in [-0.39, 0.29) is 23.8 Å². The van der Waals surface area contributed by atoms with E-state index in [0.717, 1.165) is 29.8 Å². The van der Waals surface area contributed by atoms with Gasteiger partial charge in [0.25, 0.3) is 0 Å². The van der Waals surface area contributed by atoms with Crippen molar-refractivity contribution in [3.63, 3.8) is 0 Å². The topological polar surface area (TPSA) is 68.3 Å². The summed E-state index contributed by atoms with van der Waals surface area (Å²) in [4.78, 5) is 31.1. The molecule has 2 aliphatic rings. The van der Waals surface area contributed by atoms with Crippen LogP contribution in [0.3, 0.4) is 0 Å². The highest BCUT2D eigenvalue weighted by Gasteiger charge is 2.42. The van der Waals surface area contributed by atoms with Gasteiger partial charge in [-0.05, 0) is 50.3 Å². The molecular weight excluding hydrogens is 388 g/mol. The minimum Gasteiger partial charge on any atom is -0.459 e. The number of hydrogen-bond donors (Lipinski definition) is 1. The lowest BCUT2D eigenvalue weighted by molar-refractivity contribution is -0.144. The number of carbonyl (C=O) groups excluding carboxylic acids is 2. The lowest BCUT2D eigenvalue weighted by Crippen LogP contribution is -2.36. The standard InChI is InChI=1S/C26H28N2O3/c1-4-16(2)31-26(30)23-17(3)28-21-14-19(18-10-6-5-7-11-18)15-22(29)24(21)25(23)20-12-8-9-13-27-20/h5-13,16,19,25,28H,4,14-15H2,1-3H3/t16-,19-,25-/m0/s1. The average Bonchev–Trinajstić information content (AvgIpc) is 2.79. The first kappa shape index (κ1) is 21.0. The monoisotopic (exact) mass is 416 g/mol. The van der Waals surface area contributed by atoms with Gasteiger partial charge in [-0.25, -0.2) is 4.79 Å². The van der Waals surface area contributed by atoms with Gasteiger partial charge in [0, 0.05) is 29.6 Å². The molecule has 5 heteroatoms. The number of Topliss-reactive ketones (excluding diaryl/α,β-unsaturated/α-hetero) is 1. The Morgan fingerprint density at radius 3 is 2.58 bits per heavy atom. The third-order valence-corrected chi connectivity index (χ3v) is 6.19. The van der Waals surface area contributed by atoms with Crippen LogP contribution < -0.4 is 5.32 Å². The number of esters is 1. The number of nitrogens with one attached hydrogen (secondary N) is 1. The number of nitrogens with zero attached hydrogens (tertiary/aromatic N) is 1. The first-order valence-corrected chi connectivity index (χ1v) is 10.9. The van der Waals surface area contributed by atoms with Crippen LogP contribution in [0.2, 0.25) is 0 Å². The van der Waals surface area contributed by atoms with Gasteiger partial charge in [-0.1, -0.05) is 43.3 Å². The molecule has 1 aliphatic heterocycles. The second kappa shape index (κ2) is 8.88. The second-order valence-electron chi connectivity index (χ2n) is 8.31. The van der Waals surface area contributed by atoms with Crippen LogP contribution >= 0.6 is 0 Å². The van der Waals surface area contributed by atoms with Crippen LogP contribution in [0.5, 0.6) is 0 Å². The van der Waals surface area contributed by atoms with Crippen molar-refractivity contribution in [2.24, 2.45) is 0 Å². The Bertz CT molecular complexity index is 1040. The number of benzene rings is 1. The van der Waals surface area contributed by atoms with Crippen molar-refractivity contribution in [2.75, 3.05) is 0 Å². The van der Waals surface area contributed by atoms with Crippen LogP contribution in [0, 0.1) is 0 Å². The van der Waals surface area contributed by atoms with E-state index in [1.165, 1.54) is 0 Å². The Balaban J connectivity index is 1.76. The molecule has 0 saturated carbocycles. The fourth-order valence-corrected chi connectivity index (χ4v) is 4.44. The zero-order valence-electron chi connectivity index (χ0n) is 18.2. The molecule has 2 heterocycles. The Labute approximate surface area is 183 Å². The molecule has 3 atom stereocenters. The lowest BCUT2D eigenvalue weighted by Gasteiger charge is -2.36. The van der Waals surface area contributed by atoms with Crippen LogP contribution in [-0.4, -0.2) is 22.8 Å². The molecule has 1 N–H and O–H groups in total. The second-order valence-corrected chi connectivity index (χ2v) is 8.31. The third-order valence-electron chi connectivity index (χ3n) is 6.19. The molecule has 160 valence electrons. The highest BCUT2D eigenvalue weighted by molar-refractivity contribution is 6.04. The predicted octanol–water partition coefficient (Wildman–Crippen LogP) is 4.78. The number of hydrogen-bond acceptors (Lipinski definition) is 5. The van der Waals surface area contributed by atoms with Crippen molar-refractivity contribution >= 4 is 11.8 Å². The summed E-state index contributed by atoms with van der Waals surface area (Å²) in [5.74, 6) is -0.733. The van der Waals surface area contributed by atoms with Crippen molar-refractivity contribution in [3.05, 3.63) is 88.5 Å². The first-order valence-electron chi connectivity index (χ1n) is 10.9. The Kier molecular flexibility index (Phi) is 6.03. The number of aromatic nitrogens is 1. The summed E-state index contributed by atoms with van der Waals surface area (Å²) in [6.07, 6.45) is 3.37. The van der Waals surface area contributed by atoms with Gasteiger partial charge in [0.15, 0.2) is 5.78 Å². The fourth-order valence-electron chi connectivity index (χ4n) is 4.44. The molecule has 0 unspecified atom stereocenters. The van der Waals surface area contributed by atoms with E-state index >= 15 is 0 Å². The highest BCUT2D eigenvalue weighted by Crippen LogP contribution is 2.45. The smallest absolute Gasteiger partial charge is 0.337 e. The van der Waals surface area contributed by atoms with Gasteiger partial charge in [-0.15, -0.1) is 0 Å². The molecule has 0 bridgehead atoms. The Morgan fingerprint density at radius 2 is 1.90 bits per heavy atom. The van der Waals surface area contributed by atoms with E-state index in [2.05, 4.69) is 22.4 Å². The number of rotatable bonds is 5. The van der Waals surface area contributed by atoms with Gasteiger partial charge in [0.1, 0.15) is 0 Å². The van der Waals surface area contributed by atoms with E-state index in [0.29, 0.717) is 23.3 Å². The molecule has 0 radical (unpaired) electrons. The summed E-state index contributed by atoms with van der Waals surface area (Å²) in [7, 11) is 0. The van der Waals surface area contributed by atoms with Crippen molar-refractivity contribution in [1.82, 2.24) is 10.3 Å². The maximum Gasteiger partial charge on any atom is 0.337 e. The fraction of sp³-hybridized carbons (Fsp3) is 0.346. The van der Waals surface area contributed by atoms with E-state index < -0.39 is 5.92 Å². The quantitative estimate of drug-likeness (QED) is 0.710. The predicted molar refractivity (Wildman–Crippen MR) is 119 cm³/mol. The summed E-state index contributed by atoms with van der Waals surface area (Å²) < 4.78 is 5.67. The van der Waals surface area contributed by atoms with Crippen molar-refractivity contribution in [2.45, 2.75) is 58.0 Å². The maximum absolute atomic E-state index is 13.4. The molecular formula is C26H28N2O3. The molecule has 2 aromatic rings. The van der Waals surface area contributed by atoms with Crippen LogP contribution in [0.25, 0.3) is 0 Å². The summed E-state index contributed by atoms with van der Waals surface area (Å²) in [6, 6.07) is 15.7. The minimum absolute atomic E-state index is 0.0552. The van der Waals surface area contributed by atoms with Gasteiger partial charge in [-0.3, -0.25) is 9.78 Å². The number of ether oxygens (including phenoxy) is 1. The van der Waals surface area contributed by atoms with E-state index in [9.17, 15) is 9.59 Å². The summed E-state index contributed by atoms with van der Waals surface area (Å²) in [5, 5.41) is 3.38. The summed E-state index contributed by atoms with van der Waals surface area (Å²) in [5.41, 5.74) is 4.58. The zero-order chi connectivity index (χ0) is 22.0. The van der Waals surface area contributed by atoms with Crippen molar-refractivity contribution in [3.8, 4) is 0 Å². The van der Waals surface area contributed by atoms with Gasteiger partial charge in [0.05, 0.1) is 23.3 Å². The van der Waals surface area contributed by atoms with Crippen LogP contribution in [0.15, 0.2) is 77.3 Å². The van der Waals surface area contributed by atoms with Crippen LogP contribution in [0.1, 0.15) is 63.1 Å². The number of dihydropyridines is 1. The van der Waals surface area contributed by atoms with Crippen LogP contribution in [-0.2, 0) is 14.3 Å². The Hall–Kier alpha value is -3.21. The van der Waals surface area contributed by atoms with Gasteiger partial charge in [-0.2, -0.15) is 0 Å². The number of carbonyl (C=O) groups is 2. The minimum atomic E-state index is -0.516. The Morgan fingerprint density at radius 1 is 1.16 bits per heavy atom. The number of pyridine rings is 1. The molecule has 0 amide bonds. The van der Waals surface area contributed by atoms with E-state index in [4.69, 9.17) is 4.74 Å². The maximum atomic E-state index is 13.4. The largest absolute Gasteiger partial charge is 0.459 e. The molecule has 1 aromatic heterocycles. The van der Waals surface area contributed by atoms with Crippen molar-refractivity contribution < 1.29 is 14.3 Å². The summed E-state index contributed by atoms with van der Waals surface area (Å²) >= 11 is 0. The summed E-state index contributed by atoms with van der Waals surface area (Å²) in [6.45, 7) is 5.73. The van der Waals surface area contributed by atoms with E-state index in [1.54, 1.807) is 6.20 Å². The average molecular weight is 417 g/mol. The van der Waals surface area contributed by atoms with Gasteiger partial charge >= 0.3 is 5.97 Å². The SMILES string of the molecule is CC[C@H](C)OC(=O)C1=C(C)NC2=C(C(=O)C[C@@H](c3ccccc3)C2)[C@H]1c1ccccn1. The lowest BCUT2D eigenvalue weighted by atomic mass is 9.73. The zero-order valence-corrected chi connectivity index (χ0v) is 18.2. The first-order chi connectivity index (χ1) is 15.0. The van der Waals surface area contributed by atoms with Gasteiger partial charge < -0.3 is 10.1 Å². The van der Waals surface area contributed by atoms with Crippen LogP contribution in [0.4, 0.5) is 0 Å². The van der Waals surface area contributed by atoms with E-state index in [1.807, 2.05) is 57.2 Å².